The highest BCUT2D eigenvalue weighted by molar-refractivity contribution is 4.67. The van der Waals surface area contributed by atoms with Crippen LogP contribution < -0.4 is 5.32 Å². The Morgan fingerprint density at radius 1 is 1.31 bits per heavy atom. The molecule has 0 saturated carbocycles. The smallest absolute Gasteiger partial charge is 0.00161 e. The predicted octanol–water partition coefficient (Wildman–Crippen LogP) is 1.26. The number of rotatable bonds is 8. The van der Waals surface area contributed by atoms with Crippen LogP contribution in [0, 0.1) is 5.92 Å². The first-order valence-electron chi connectivity index (χ1n) is 6.78. The standard InChI is InChI=1S/C13H29N3/c1-13(11-14-2)12-15(3)7-6-10-16-8-4-5-9-16/h13-14H,4-12H2,1-3H3. The molecule has 1 heterocycles. The lowest BCUT2D eigenvalue weighted by Gasteiger charge is -2.22. The maximum Gasteiger partial charge on any atom is 0.00161 e. The molecule has 0 aromatic carbocycles. The van der Waals surface area contributed by atoms with Crippen LogP contribution in [0.2, 0.25) is 0 Å². The van der Waals surface area contributed by atoms with Crippen molar-refractivity contribution in [1.29, 1.82) is 0 Å². The minimum atomic E-state index is 0.752. The van der Waals surface area contributed by atoms with Gasteiger partial charge in [-0.15, -0.1) is 0 Å². The van der Waals surface area contributed by atoms with Gasteiger partial charge in [-0.3, -0.25) is 0 Å². The molecule has 3 nitrogen and oxygen atoms in total. The lowest BCUT2D eigenvalue weighted by atomic mass is 10.1. The number of likely N-dealkylation sites (tertiary alicyclic amines) is 1. The Morgan fingerprint density at radius 2 is 2.00 bits per heavy atom. The molecule has 0 aromatic rings. The van der Waals surface area contributed by atoms with Crippen molar-refractivity contribution in [2.24, 2.45) is 5.92 Å². The second kappa shape index (κ2) is 8.04. The van der Waals surface area contributed by atoms with Crippen molar-refractivity contribution in [3.63, 3.8) is 0 Å². The molecular weight excluding hydrogens is 198 g/mol. The summed E-state index contributed by atoms with van der Waals surface area (Å²) in [4.78, 5) is 5.07. The third-order valence-corrected chi connectivity index (χ3v) is 3.39. The monoisotopic (exact) mass is 227 g/mol. The van der Waals surface area contributed by atoms with Gasteiger partial charge in [0.25, 0.3) is 0 Å². The van der Waals surface area contributed by atoms with Gasteiger partial charge in [0.2, 0.25) is 0 Å². The van der Waals surface area contributed by atoms with E-state index >= 15 is 0 Å². The molecule has 1 N–H and O–H groups in total. The van der Waals surface area contributed by atoms with E-state index in [4.69, 9.17) is 0 Å². The third-order valence-electron chi connectivity index (χ3n) is 3.39. The quantitative estimate of drug-likeness (QED) is 0.673. The normalized spacial score (nSPS) is 19.5. The van der Waals surface area contributed by atoms with E-state index in [0.717, 1.165) is 12.5 Å². The Morgan fingerprint density at radius 3 is 2.62 bits per heavy atom. The summed E-state index contributed by atoms with van der Waals surface area (Å²) in [6.45, 7) is 9.85. The number of nitrogens with zero attached hydrogens (tertiary/aromatic N) is 2. The zero-order valence-electron chi connectivity index (χ0n) is 11.3. The van der Waals surface area contributed by atoms with Gasteiger partial charge in [-0.25, -0.2) is 0 Å². The van der Waals surface area contributed by atoms with Gasteiger partial charge in [0, 0.05) is 6.54 Å². The minimum Gasteiger partial charge on any atom is -0.319 e. The van der Waals surface area contributed by atoms with Crippen molar-refractivity contribution in [2.75, 3.05) is 53.4 Å². The van der Waals surface area contributed by atoms with Gasteiger partial charge in [-0.2, -0.15) is 0 Å². The number of nitrogens with one attached hydrogen (secondary N) is 1. The summed E-state index contributed by atoms with van der Waals surface area (Å²) in [5.74, 6) is 0.752. The second-order valence-corrected chi connectivity index (χ2v) is 5.33. The fourth-order valence-corrected chi connectivity index (χ4v) is 2.61. The van der Waals surface area contributed by atoms with Crippen LogP contribution in [-0.4, -0.2) is 63.2 Å². The molecule has 0 amide bonds. The maximum atomic E-state index is 3.24. The average Bonchev–Trinajstić information content (AvgIpc) is 2.70. The first-order valence-corrected chi connectivity index (χ1v) is 6.78. The summed E-state index contributed by atoms with van der Waals surface area (Å²) in [6, 6.07) is 0. The summed E-state index contributed by atoms with van der Waals surface area (Å²) in [7, 11) is 4.28. The van der Waals surface area contributed by atoms with Gasteiger partial charge in [0.1, 0.15) is 0 Å². The molecule has 1 aliphatic heterocycles. The van der Waals surface area contributed by atoms with Crippen molar-refractivity contribution in [1.82, 2.24) is 15.1 Å². The summed E-state index contributed by atoms with van der Waals surface area (Å²) in [5.41, 5.74) is 0. The van der Waals surface area contributed by atoms with E-state index < -0.39 is 0 Å². The van der Waals surface area contributed by atoms with Gasteiger partial charge in [-0.1, -0.05) is 6.92 Å². The van der Waals surface area contributed by atoms with E-state index in [-0.39, 0.29) is 0 Å². The lowest BCUT2D eigenvalue weighted by Crippen LogP contribution is -2.32. The van der Waals surface area contributed by atoms with Gasteiger partial charge in [-0.05, 0) is 72.0 Å². The largest absolute Gasteiger partial charge is 0.319 e. The van der Waals surface area contributed by atoms with Gasteiger partial charge in [0.05, 0.1) is 0 Å². The topological polar surface area (TPSA) is 18.5 Å². The summed E-state index contributed by atoms with van der Waals surface area (Å²) in [5, 5.41) is 3.24. The van der Waals surface area contributed by atoms with Gasteiger partial charge < -0.3 is 15.1 Å². The van der Waals surface area contributed by atoms with Crippen LogP contribution in [0.1, 0.15) is 26.2 Å². The lowest BCUT2D eigenvalue weighted by molar-refractivity contribution is 0.254. The Hall–Kier alpha value is -0.120. The molecular formula is C13H29N3. The summed E-state index contributed by atoms with van der Waals surface area (Å²) >= 11 is 0. The van der Waals surface area contributed by atoms with E-state index in [1.54, 1.807) is 0 Å². The van der Waals surface area contributed by atoms with E-state index in [0.29, 0.717) is 0 Å². The Balaban J connectivity index is 1.98. The van der Waals surface area contributed by atoms with E-state index in [2.05, 4.69) is 29.1 Å². The maximum absolute atomic E-state index is 3.24. The van der Waals surface area contributed by atoms with Crippen molar-refractivity contribution in [3.05, 3.63) is 0 Å². The Bertz CT molecular complexity index is 167. The number of hydrogen-bond donors (Lipinski definition) is 1. The Kier molecular flexibility index (Phi) is 7.01. The van der Waals surface area contributed by atoms with Gasteiger partial charge >= 0.3 is 0 Å². The summed E-state index contributed by atoms with van der Waals surface area (Å²) in [6.07, 6.45) is 4.15. The zero-order chi connectivity index (χ0) is 11.8. The van der Waals surface area contributed by atoms with Crippen LogP contribution in [0.4, 0.5) is 0 Å². The van der Waals surface area contributed by atoms with Crippen molar-refractivity contribution >= 4 is 0 Å². The fourth-order valence-electron chi connectivity index (χ4n) is 2.61. The highest BCUT2D eigenvalue weighted by Crippen LogP contribution is 2.07. The molecule has 1 aliphatic rings. The van der Waals surface area contributed by atoms with E-state index in [1.807, 2.05) is 7.05 Å². The molecule has 96 valence electrons. The first-order chi connectivity index (χ1) is 7.72. The molecule has 1 unspecified atom stereocenters. The molecule has 0 radical (unpaired) electrons. The second-order valence-electron chi connectivity index (χ2n) is 5.33. The third kappa shape index (κ3) is 5.83. The highest BCUT2D eigenvalue weighted by Gasteiger charge is 2.11. The zero-order valence-corrected chi connectivity index (χ0v) is 11.3. The molecule has 3 heteroatoms. The van der Waals surface area contributed by atoms with Crippen molar-refractivity contribution in [3.8, 4) is 0 Å². The molecule has 1 atom stereocenters. The molecule has 1 fully saturated rings. The van der Waals surface area contributed by atoms with Crippen LogP contribution in [0.25, 0.3) is 0 Å². The molecule has 1 saturated heterocycles. The predicted molar refractivity (Wildman–Crippen MR) is 70.9 cm³/mol. The molecule has 0 bridgehead atoms. The average molecular weight is 227 g/mol. The molecule has 0 spiro atoms. The SMILES string of the molecule is CNCC(C)CN(C)CCCN1CCCC1. The molecule has 16 heavy (non-hydrogen) atoms. The van der Waals surface area contributed by atoms with Crippen LogP contribution in [0.5, 0.6) is 0 Å². The molecule has 0 aromatic heterocycles. The minimum absolute atomic E-state index is 0.752. The van der Waals surface area contributed by atoms with Crippen molar-refractivity contribution in [2.45, 2.75) is 26.2 Å². The Labute approximate surface area is 101 Å². The van der Waals surface area contributed by atoms with Crippen LogP contribution in [0.15, 0.2) is 0 Å². The first kappa shape index (κ1) is 13.9. The fraction of sp³-hybridized carbons (Fsp3) is 1.00. The molecule has 0 aliphatic carbocycles. The van der Waals surface area contributed by atoms with Crippen LogP contribution in [0.3, 0.4) is 0 Å². The summed E-state index contributed by atoms with van der Waals surface area (Å²) < 4.78 is 0. The highest BCUT2D eigenvalue weighted by atomic mass is 15.1. The number of hydrogen-bond acceptors (Lipinski definition) is 3. The van der Waals surface area contributed by atoms with Gasteiger partial charge in [0.15, 0.2) is 0 Å². The van der Waals surface area contributed by atoms with Crippen LogP contribution in [-0.2, 0) is 0 Å². The van der Waals surface area contributed by atoms with E-state index in [9.17, 15) is 0 Å². The van der Waals surface area contributed by atoms with Crippen molar-refractivity contribution < 1.29 is 0 Å². The van der Waals surface area contributed by atoms with Crippen LogP contribution >= 0.6 is 0 Å². The van der Waals surface area contributed by atoms with E-state index in [1.165, 1.54) is 52.0 Å². The molecule has 1 rings (SSSR count).